The fourth-order valence-electron chi connectivity index (χ4n) is 4.55. The molecule has 6 heteroatoms. The molecular formula is C24H25BrN2O3. The van der Waals surface area contributed by atoms with Gasteiger partial charge in [0.05, 0.1) is 18.5 Å². The van der Waals surface area contributed by atoms with Gasteiger partial charge in [0.2, 0.25) is 11.8 Å². The molecule has 0 radical (unpaired) electrons. The molecule has 0 spiro atoms. The molecule has 1 saturated heterocycles. The van der Waals surface area contributed by atoms with Gasteiger partial charge in [-0.1, -0.05) is 65.5 Å². The highest BCUT2D eigenvalue weighted by atomic mass is 79.9. The van der Waals surface area contributed by atoms with E-state index in [2.05, 4.69) is 15.9 Å². The number of hydrogen-bond donors (Lipinski definition) is 0. The number of rotatable bonds is 5. The third-order valence-corrected chi connectivity index (χ3v) is 6.53. The molecular weight excluding hydrogens is 444 g/mol. The first-order chi connectivity index (χ1) is 14.5. The summed E-state index contributed by atoms with van der Waals surface area (Å²) in [6.07, 6.45) is 5.31. The summed E-state index contributed by atoms with van der Waals surface area (Å²) >= 11 is 3.38. The molecule has 1 heterocycles. The van der Waals surface area contributed by atoms with Crippen molar-refractivity contribution in [3.05, 3.63) is 64.6 Å². The molecule has 5 nitrogen and oxygen atoms in total. The molecule has 30 heavy (non-hydrogen) atoms. The maximum atomic E-state index is 13.4. The summed E-state index contributed by atoms with van der Waals surface area (Å²) in [6.45, 7) is 0. The van der Waals surface area contributed by atoms with Gasteiger partial charge < -0.3 is 4.90 Å². The minimum atomic E-state index is -0.722. The molecule has 1 aliphatic heterocycles. The Balaban J connectivity index is 1.61. The third kappa shape index (κ3) is 4.33. The molecule has 0 N–H and O–H groups in total. The van der Waals surface area contributed by atoms with Crippen LogP contribution in [0.1, 0.15) is 44.1 Å². The molecule has 2 fully saturated rings. The van der Waals surface area contributed by atoms with E-state index in [1.54, 1.807) is 17.0 Å². The minimum Gasteiger partial charge on any atom is -0.327 e. The van der Waals surface area contributed by atoms with Gasteiger partial charge in [-0.25, -0.2) is 4.90 Å². The summed E-state index contributed by atoms with van der Waals surface area (Å²) in [4.78, 5) is 42.5. The zero-order valence-electron chi connectivity index (χ0n) is 16.8. The smallest absolute Gasteiger partial charge is 0.257 e. The lowest BCUT2D eigenvalue weighted by Crippen LogP contribution is -2.51. The average molecular weight is 469 g/mol. The Labute approximate surface area is 185 Å². The normalized spacial score (nSPS) is 19.9. The zero-order chi connectivity index (χ0) is 21.1. The lowest BCUT2D eigenvalue weighted by atomic mass is 9.92. The Morgan fingerprint density at radius 3 is 2.30 bits per heavy atom. The second kappa shape index (κ2) is 9.13. The van der Waals surface area contributed by atoms with Crippen LogP contribution in [0.3, 0.4) is 0 Å². The first-order valence-electron chi connectivity index (χ1n) is 10.5. The number of anilines is 1. The number of carbonyl (C=O) groups is 3. The number of carbonyl (C=O) groups excluding carboxylic acids is 3. The van der Waals surface area contributed by atoms with Crippen LogP contribution in [0, 0.1) is 0 Å². The van der Waals surface area contributed by atoms with E-state index >= 15 is 0 Å². The van der Waals surface area contributed by atoms with Gasteiger partial charge in [0.25, 0.3) is 5.91 Å². The molecule has 0 aromatic heterocycles. The van der Waals surface area contributed by atoms with Gasteiger partial charge in [0.15, 0.2) is 0 Å². The monoisotopic (exact) mass is 468 g/mol. The zero-order valence-corrected chi connectivity index (χ0v) is 18.4. The molecule has 3 amide bonds. The molecule has 2 aromatic carbocycles. The molecule has 2 aliphatic rings. The van der Waals surface area contributed by atoms with Crippen LogP contribution in [0.15, 0.2) is 59.1 Å². The van der Waals surface area contributed by atoms with Gasteiger partial charge in [-0.05, 0) is 42.7 Å². The number of hydrogen-bond acceptors (Lipinski definition) is 3. The van der Waals surface area contributed by atoms with Gasteiger partial charge in [0, 0.05) is 10.5 Å². The second-order valence-corrected chi connectivity index (χ2v) is 8.93. The van der Waals surface area contributed by atoms with Gasteiger partial charge in [-0.15, -0.1) is 0 Å². The Morgan fingerprint density at radius 2 is 1.63 bits per heavy atom. The fourth-order valence-corrected chi connectivity index (χ4v) is 4.81. The van der Waals surface area contributed by atoms with Gasteiger partial charge in [-0.3, -0.25) is 14.4 Å². The summed E-state index contributed by atoms with van der Waals surface area (Å²) in [7, 11) is 0. The standard InChI is InChI=1S/C24H25BrN2O3/c25-18-11-13-20(14-12-18)27-23(29)16-21(24(27)30)26(19-9-5-2-6-10-19)22(28)15-17-7-3-1-4-8-17/h1,3-4,7-8,11-14,19,21H,2,5-6,9-10,15-16H2. The number of nitrogens with zero attached hydrogens (tertiary/aromatic N) is 2. The van der Waals surface area contributed by atoms with Crippen LogP contribution in [0.5, 0.6) is 0 Å². The summed E-state index contributed by atoms with van der Waals surface area (Å²) in [5, 5.41) is 0. The molecule has 0 bridgehead atoms. The summed E-state index contributed by atoms with van der Waals surface area (Å²) in [5.74, 6) is -0.619. The lowest BCUT2D eigenvalue weighted by Gasteiger charge is -2.37. The van der Waals surface area contributed by atoms with Crippen LogP contribution in [-0.2, 0) is 20.8 Å². The van der Waals surface area contributed by atoms with Crippen molar-refractivity contribution in [3.8, 4) is 0 Å². The highest BCUT2D eigenvalue weighted by molar-refractivity contribution is 9.10. The van der Waals surface area contributed by atoms with Crippen LogP contribution in [0.25, 0.3) is 0 Å². The van der Waals surface area contributed by atoms with E-state index in [0.717, 1.165) is 42.1 Å². The summed E-state index contributed by atoms with van der Waals surface area (Å²) < 4.78 is 0.878. The second-order valence-electron chi connectivity index (χ2n) is 8.02. The van der Waals surface area contributed by atoms with Crippen molar-refractivity contribution >= 4 is 39.3 Å². The van der Waals surface area contributed by atoms with Crippen LogP contribution >= 0.6 is 15.9 Å². The average Bonchev–Trinajstić information content (AvgIpc) is 3.04. The van der Waals surface area contributed by atoms with Crippen LogP contribution in [0.2, 0.25) is 0 Å². The topological polar surface area (TPSA) is 57.7 Å². The molecule has 4 rings (SSSR count). The van der Waals surface area contributed by atoms with Crippen molar-refractivity contribution < 1.29 is 14.4 Å². The predicted molar refractivity (Wildman–Crippen MR) is 119 cm³/mol. The van der Waals surface area contributed by atoms with Gasteiger partial charge >= 0.3 is 0 Å². The maximum absolute atomic E-state index is 13.4. The number of amides is 3. The quantitative estimate of drug-likeness (QED) is 0.607. The summed E-state index contributed by atoms with van der Waals surface area (Å²) in [5.41, 5.74) is 1.47. The van der Waals surface area contributed by atoms with Crippen molar-refractivity contribution in [2.75, 3.05) is 4.90 Å². The largest absolute Gasteiger partial charge is 0.327 e. The molecule has 156 valence electrons. The maximum Gasteiger partial charge on any atom is 0.257 e. The predicted octanol–water partition coefficient (Wildman–Crippen LogP) is 4.49. The number of halogens is 1. The molecule has 2 aromatic rings. The minimum absolute atomic E-state index is 0.0154. The Hall–Kier alpha value is -2.47. The Morgan fingerprint density at radius 1 is 0.967 bits per heavy atom. The highest BCUT2D eigenvalue weighted by Gasteiger charge is 2.46. The van der Waals surface area contributed by atoms with E-state index < -0.39 is 6.04 Å². The van der Waals surface area contributed by atoms with E-state index in [1.807, 2.05) is 42.5 Å². The Kier molecular flexibility index (Phi) is 6.32. The first kappa shape index (κ1) is 20.8. The number of imide groups is 1. The molecule has 1 unspecified atom stereocenters. The van der Waals surface area contributed by atoms with E-state index in [9.17, 15) is 14.4 Å². The SMILES string of the molecule is O=C1CC(N(C(=O)Cc2ccccc2)C2CCCCC2)C(=O)N1c1ccc(Br)cc1. The van der Waals surface area contributed by atoms with Crippen molar-refractivity contribution in [2.24, 2.45) is 0 Å². The lowest BCUT2D eigenvalue weighted by molar-refractivity contribution is -0.141. The van der Waals surface area contributed by atoms with Crippen molar-refractivity contribution in [1.29, 1.82) is 0 Å². The summed E-state index contributed by atoms with van der Waals surface area (Å²) in [6, 6.07) is 16.0. The van der Waals surface area contributed by atoms with Crippen molar-refractivity contribution in [2.45, 2.75) is 57.0 Å². The van der Waals surface area contributed by atoms with Gasteiger partial charge in [-0.2, -0.15) is 0 Å². The van der Waals surface area contributed by atoms with Crippen LogP contribution in [0.4, 0.5) is 5.69 Å². The third-order valence-electron chi connectivity index (χ3n) is 6.00. The van der Waals surface area contributed by atoms with Crippen molar-refractivity contribution in [3.63, 3.8) is 0 Å². The van der Waals surface area contributed by atoms with Crippen LogP contribution in [-0.4, -0.2) is 34.7 Å². The molecule has 1 aliphatic carbocycles. The van der Waals surface area contributed by atoms with Gasteiger partial charge in [0.1, 0.15) is 6.04 Å². The van der Waals surface area contributed by atoms with E-state index in [0.29, 0.717) is 5.69 Å². The molecule has 1 saturated carbocycles. The highest BCUT2D eigenvalue weighted by Crippen LogP contribution is 2.32. The molecule has 1 atom stereocenters. The first-order valence-corrected chi connectivity index (χ1v) is 11.3. The van der Waals surface area contributed by atoms with E-state index in [4.69, 9.17) is 0 Å². The Bertz CT molecular complexity index is 923. The van der Waals surface area contributed by atoms with E-state index in [-0.39, 0.29) is 36.6 Å². The van der Waals surface area contributed by atoms with Crippen LogP contribution < -0.4 is 4.90 Å². The number of benzene rings is 2. The van der Waals surface area contributed by atoms with Crippen molar-refractivity contribution in [1.82, 2.24) is 4.90 Å². The fraction of sp³-hybridized carbons (Fsp3) is 0.375. The van der Waals surface area contributed by atoms with E-state index in [1.165, 1.54) is 4.90 Å².